The molecule has 0 radical (unpaired) electrons. The van der Waals surface area contributed by atoms with Crippen molar-refractivity contribution in [2.24, 2.45) is 0 Å². The Bertz CT molecular complexity index is 2420. The highest BCUT2D eigenvalue weighted by molar-refractivity contribution is 6.63. The van der Waals surface area contributed by atoms with Gasteiger partial charge in [0.15, 0.2) is 5.60 Å². The summed E-state index contributed by atoms with van der Waals surface area (Å²) in [6.07, 6.45) is -0.177. The smallest absolute Gasteiger partial charge is 0.444 e. The van der Waals surface area contributed by atoms with E-state index < -0.39 is 55.6 Å². The molecule has 0 aliphatic carbocycles. The van der Waals surface area contributed by atoms with Gasteiger partial charge in [0.1, 0.15) is 6.04 Å². The molecule has 3 aliphatic rings. The maximum atomic E-state index is 14.3. The average Bonchev–Trinajstić information content (AvgIpc) is 3.97. The highest BCUT2D eigenvalue weighted by Gasteiger charge is 2.45. The van der Waals surface area contributed by atoms with E-state index in [9.17, 15) is 29.2 Å². The normalized spacial score (nSPS) is 17.9. The number of halogens is 1. The van der Waals surface area contributed by atoms with E-state index in [-0.39, 0.29) is 50.3 Å². The van der Waals surface area contributed by atoms with Crippen LogP contribution < -0.4 is 21.6 Å². The number of fused-ring (bicyclic) bond motifs is 2. The van der Waals surface area contributed by atoms with Gasteiger partial charge in [-0.25, -0.2) is 0 Å². The Morgan fingerprint density at radius 3 is 2.08 bits per heavy atom. The summed E-state index contributed by atoms with van der Waals surface area (Å²) in [6, 6.07) is 32.5. The van der Waals surface area contributed by atoms with Crippen LogP contribution in [0.15, 0.2) is 115 Å². The lowest BCUT2D eigenvalue weighted by Gasteiger charge is -2.36. The van der Waals surface area contributed by atoms with Crippen molar-refractivity contribution in [1.29, 1.82) is 0 Å². The molecule has 15 heteroatoms. The van der Waals surface area contributed by atoms with E-state index in [1.54, 1.807) is 48.5 Å². The second-order valence-corrected chi connectivity index (χ2v) is 15.3. The van der Waals surface area contributed by atoms with Crippen LogP contribution in [0, 0.1) is 6.92 Å². The molecule has 3 heterocycles. The Morgan fingerprint density at radius 2 is 1.41 bits per heavy atom. The number of amides is 3. The van der Waals surface area contributed by atoms with E-state index >= 15 is 0 Å². The Morgan fingerprint density at radius 1 is 0.797 bits per heavy atom. The van der Waals surface area contributed by atoms with Gasteiger partial charge in [-0.05, 0) is 42.7 Å². The lowest BCUT2D eigenvalue weighted by molar-refractivity contribution is -0.153. The maximum absolute atomic E-state index is 14.3. The van der Waals surface area contributed by atoms with Crippen molar-refractivity contribution in [3.8, 4) is 0 Å². The van der Waals surface area contributed by atoms with E-state index in [4.69, 9.17) is 25.6 Å². The van der Waals surface area contributed by atoms with Crippen molar-refractivity contribution in [2.45, 2.75) is 50.7 Å². The molecule has 0 saturated carbocycles. The molecule has 4 N–H and O–H groups in total. The lowest BCUT2D eigenvalue weighted by atomic mass is 9.76. The van der Waals surface area contributed by atoms with E-state index in [0.29, 0.717) is 43.8 Å². The highest BCUT2D eigenvalue weighted by Crippen LogP contribution is 2.43. The van der Waals surface area contributed by atoms with Gasteiger partial charge < -0.3 is 39.6 Å². The van der Waals surface area contributed by atoms with Crippen LogP contribution in [0.3, 0.4) is 0 Å². The van der Waals surface area contributed by atoms with Crippen molar-refractivity contribution in [2.75, 3.05) is 13.1 Å². The molecule has 0 spiro atoms. The van der Waals surface area contributed by atoms with Gasteiger partial charge >= 0.3 is 20.2 Å². The van der Waals surface area contributed by atoms with E-state index in [2.05, 4.69) is 10.6 Å². The SMILES string of the molecule is Cc1ccc(C(OC(=O)CCNC(=O)[C@@H]2C[C@@H](NC(=O)c3cccc4c3B(O)OC4)CN2C(=O)c2cccc3c2B(O)OC3)(c2ccccc2)c2ccccc2Cl)cc1. The number of nitrogens with zero attached hydrogens (tertiary/aromatic N) is 1. The number of ether oxygens (including phenoxy) is 1. The minimum atomic E-state index is -1.43. The quantitative estimate of drug-likeness (QED) is 0.0892. The summed E-state index contributed by atoms with van der Waals surface area (Å²) in [4.78, 5) is 57.4. The van der Waals surface area contributed by atoms with E-state index in [0.717, 1.165) is 5.56 Å². The fraction of sp³-hybridized carbons (Fsp3) is 0.227. The molecule has 298 valence electrons. The number of hydrogen-bond acceptors (Lipinski definition) is 9. The highest BCUT2D eigenvalue weighted by atomic mass is 35.5. The number of likely N-dealkylation sites (tertiary alicyclic amines) is 1. The molecule has 3 atom stereocenters. The maximum Gasteiger partial charge on any atom is 0.492 e. The van der Waals surface area contributed by atoms with Crippen molar-refractivity contribution in [3.63, 3.8) is 0 Å². The molecule has 0 bridgehead atoms. The fourth-order valence-electron chi connectivity index (χ4n) is 8.27. The molecule has 3 aliphatic heterocycles. The predicted molar refractivity (Wildman–Crippen MR) is 221 cm³/mol. The van der Waals surface area contributed by atoms with Crippen LogP contribution in [0.25, 0.3) is 0 Å². The summed E-state index contributed by atoms with van der Waals surface area (Å²) in [5.74, 6) is -2.19. The van der Waals surface area contributed by atoms with Crippen LogP contribution in [-0.4, -0.2) is 78.0 Å². The third-order valence-corrected chi connectivity index (χ3v) is 11.5. The van der Waals surface area contributed by atoms with E-state index in [1.807, 2.05) is 73.7 Å². The first-order valence-electron chi connectivity index (χ1n) is 19.4. The molecule has 8 rings (SSSR count). The molecule has 59 heavy (non-hydrogen) atoms. The molecule has 1 saturated heterocycles. The number of benzene rings is 5. The molecule has 1 unspecified atom stereocenters. The molecule has 0 aromatic heterocycles. The van der Waals surface area contributed by atoms with Crippen LogP contribution in [0.2, 0.25) is 5.02 Å². The largest absolute Gasteiger partial charge is 0.492 e. The zero-order chi connectivity index (χ0) is 41.3. The minimum Gasteiger partial charge on any atom is -0.444 e. The Kier molecular flexibility index (Phi) is 11.4. The van der Waals surface area contributed by atoms with Gasteiger partial charge in [-0.3, -0.25) is 19.2 Å². The van der Waals surface area contributed by atoms with Gasteiger partial charge in [0, 0.05) is 62.9 Å². The van der Waals surface area contributed by atoms with Gasteiger partial charge in [-0.1, -0.05) is 114 Å². The topological polar surface area (TPSA) is 164 Å². The fourth-order valence-corrected chi connectivity index (χ4v) is 8.54. The first-order valence-corrected chi connectivity index (χ1v) is 19.7. The first kappa shape index (κ1) is 40.0. The summed E-state index contributed by atoms with van der Waals surface area (Å²) in [6.45, 7) is 2.09. The number of nitrogens with one attached hydrogen (secondary N) is 2. The first-order chi connectivity index (χ1) is 28.5. The standard InChI is InChI=1S/C44H40B2ClN3O9/c1-27-17-19-31(20-18-27)44(30-11-3-2-4-12-30,35-15-5-6-16-36(35)47)59-38(51)21-22-48-42(53)37-23-32(49-41(52)33-13-7-9-28-25-57-45(55)39(28)33)24-50(37)43(54)34-14-8-10-29-26-58-46(56)40(29)34/h2-20,32,37,55-56H,21-26H2,1H3,(H,48,53)(H,49,52)/t32-,37+,44?/m1/s1. The zero-order valence-corrected chi connectivity index (χ0v) is 32.9. The number of esters is 1. The number of carbonyl (C=O) groups is 4. The molecule has 5 aromatic rings. The number of hydrogen-bond donors (Lipinski definition) is 4. The van der Waals surface area contributed by atoms with Crippen LogP contribution in [0.1, 0.15) is 66.9 Å². The van der Waals surface area contributed by atoms with Gasteiger partial charge in [0.25, 0.3) is 11.8 Å². The Balaban J connectivity index is 1.03. The number of carbonyl (C=O) groups excluding carboxylic acids is 4. The summed E-state index contributed by atoms with van der Waals surface area (Å²) in [5, 5.41) is 27.2. The van der Waals surface area contributed by atoms with Crippen molar-refractivity contribution < 1.29 is 43.3 Å². The Labute approximate surface area is 346 Å². The Hall–Kier alpha value is -5.76. The lowest BCUT2D eigenvalue weighted by Crippen LogP contribution is -2.48. The summed E-state index contributed by atoms with van der Waals surface area (Å²) in [5.41, 5.74) is 3.95. The van der Waals surface area contributed by atoms with Crippen molar-refractivity contribution >= 4 is 60.5 Å². The van der Waals surface area contributed by atoms with Crippen LogP contribution in [-0.2, 0) is 42.4 Å². The van der Waals surface area contributed by atoms with Crippen LogP contribution in [0.5, 0.6) is 0 Å². The molecular formula is C44H40B2ClN3O9. The molecule has 5 aromatic carbocycles. The molecule has 3 amide bonds. The second-order valence-electron chi connectivity index (χ2n) is 14.9. The molecule has 12 nitrogen and oxygen atoms in total. The van der Waals surface area contributed by atoms with Crippen LogP contribution >= 0.6 is 11.6 Å². The van der Waals surface area contributed by atoms with Gasteiger partial charge in [-0.15, -0.1) is 0 Å². The molecular weight excluding hydrogens is 772 g/mol. The zero-order valence-electron chi connectivity index (χ0n) is 32.1. The van der Waals surface area contributed by atoms with Gasteiger partial charge in [0.2, 0.25) is 5.91 Å². The second kappa shape index (κ2) is 16.8. The summed E-state index contributed by atoms with van der Waals surface area (Å²) in [7, 11) is -2.57. The number of aryl methyl sites for hydroxylation is 1. The third-order valence-electron chi connectivity index (χ3n) is 11.1. The van der Waals surface area contributed by atoms with Crippen LogP contribution in [0.4, 0.5) is 0 Å². The summed E-state index contributed by atoms with van der Waals surface area (Å²) < 4.78 is 17.2. The minimum absolute atomic E-state index is 0.0343. The number of rotatable bonds is 11. The molecule has 1 fully saturated rings. The van der Waals surface area contributed by atoms with Crippen molar-refractivity contribution in [1.82, 2.24) is 15.5 Å². The van der Waals surface area contributed by atoms with Crippen molar-refractivity contribution in [3.05, 3.63) is 165 Å². The predicted octanol–water partition coefficient (Wildman–Crippen LogP) is 3.14. The van der Waals surface area contributed by atoms with Gasteiger partial charge in [0.05, 0.1) is 19.6 Å². The third kappa shape index (κ3) is 7.77. The summed E-state index contributed by atoms with van der Waals surface area (Å²) >= 11 is 6.83. The van der Waals surface area contributed by atoms with E-state index in [1.165, 1.54) is 4.90 Å². The van der Waals surface area contributed by atoms with Gasteiger partial charge in [-0.2, -0.15) is 0 Å². The monoisotopic (exact) mass is 811 g/mol. The average molecular weight is 812 g/mol.